The zero-order valence-corrected chi connectivity index (χ0v) is 9.53. The van der Waals surface area contributed by atoms with Gasteiger partial charge in [-0.1, -0.05) is 12.1 Å². The van der Waals surface area contributed by atoms with Crippen LogP contribution in [0.3, 0.4) is 0 Å². The lowest BCUT2D eigenvalue weighted by Gasteiger charge is -1.98. The fraction of sp³-hybridized carbons (Fsp3) is 0. The van der Waals surface area contributed by atoms with Gasteiger partial charge in [-0.2, -0.15) is 0 Å². The number of hydrogen-bond donors (Lipinski definition) is 1. The third kappa shape index (κ3) is 1.62. The van der Waals surface area contributed by atoms with Crippen LogP contribution in [-0.2, 0) is 0 Å². The van der Waals surface area contributed by atoms with Crippen LogP contribution >= 0.6 is 11.3 Å². The number of fused-ring (bicyclic) bond motifs is 1. The molecule has 0 amide bonds. The average Bonchev–Trinajstić information content (AvgIpc) is 2.97. The summed E-state index contributed by atoms with van der Waals surface area (Å²) in [6.07, 6.45) is 3.27. The van der Waals surface area contributed by atoms with E-state index in [0.717, 1.165) is 21.2 Å². The molecule has 0 fully saturated rings. The Kier molecular flexibility index (Phi) is 2.23. The molecular weight excluding hydrogens is 236 g/mol. The van der Waals surface area contributed by atoms with Crippen molar-refractivity contribution in [1.29, 1.82) is 0 Å². The molecule has 1 N–H and O–H groups in total. The van der Waals surface area contributed by atoms with Crippen LogP contribution in [0.4, 0.5) is 0 Å². The van der Waals surface area contributed by atoms with Crippen molar-refractivity contribution in [3.05, 3.63) is 47.7 Å². The van der Waals surface area contributed by atoms with E-state index in [0.29, 0.717) is 4.88 Å². The molecule has 2 aromatic heterocycles. The number of carboxylic acids is 1. The minimum atomic E-state index is -0.885. The monoisotopic (exact) mass is 244 g/mol. The molecule has 0 atom stereocenters. The van der Waals surface area contributed by atoms with Crippen molar-refractivity contribution in [2.45, 2.75) is 0 Å². The third-order valence-electron chi connectivity index (χ3n) is 2.60. The van der Waals surface area contributed by atoms with Crippen LogP contribution < -0.4 is 0 Å². The first kappa shape index (κ1) is 10.1. The highest BCUT2D eigenvalue weighted by molar-refractivity contribution is 7.20. The van der Waals surface area contributed by atoms with E-state index >= 15 is 0 Å². The highest BCUT2D eigenvalue weighted by Crippen LogP contribution is 2.34. The van der Waals surface area contributed by atoms with Gasteiger partial charge in [0.05, 0.1) is 12.5 Å². The van der Waals surface area contributed by atoms with Crippen molar-refractivity contribution < 1.29 is 14.3 Å². The van der Waals surface area contributed by atoms with E-state index in [1.807, 2.05) is 24.3 Å². The van der Waals surface area contributed by atoms with Crippen molar-refractivity contribution >= 4 is 27.4 Å². The molecule has 3 aromatic rings. The van der Waals surface area contributed by atoms with E-state index in [1.165, 1.54) is 11.3 Å². The number of rotatable bonds is 2. The number of carbonyl (C=O) groups is 1. The molecule has 1 aromatic carbocycles. The highest BCUT2D eigenvalue weighted by Gasteiger charge is 2.12. The van der Waals surface area contributed by atoms with E-state index in [2.05, 4.69) is 0 Å². The Morgan fingerprint density at radius 3 is 2.88 bits per heavy atom. The lowest BCUT2D eigenvalue weighted by molar-refractivity contribution is 0.0702. The molecule has 0 aliphatic heterocycles. The van der Waals surface area contributed by atoms with Gasteiger partial charge in [0.1, 0.15) is 4.88 Å². The predicted molar refractivity (Wildman–Crippen MR) is 66.5 cm³/mol. The molecule has 0 saturated carbocycles. The summed E-state index contributed by atoms with van der Waals surface area (Å²) in [4.78, 5) is 11.3. The van der Waals surface area contributed by atoms with E-state index in [9.17, 15) is 4.79 Å². The van der Waals surface area contributed by atoms with Gasteiger partial charge in [-0.15, -0.1) is 11.3 Å². The van der Waals surface area contributed by atoms with Gasteiger partial charge in [0.15, 0.2) is 0 Å². The van der Waals surface area contributed by atoms with Gasteiger partial charge in [0.25, 0.3) is 0 Å². The highest BCUT2D eigenvalue weighted by atomic mass is 32.1. The van der Waals surface area contributed by atoms with E-state index < -0.39 is 5.97 Å². The van der Waals surface area contributed by atoms with E-state index in [1.54, 1.807) is 18.6 Å². The molecule has 0 aliphatic rings. The van der Waals surface area contributed by atoms with Crippen LogP contribution in [0.2, 0.25) is 0 Å². The Balaban J connectivity index is 2.29. The number of aromatic carboxylic acids is 1. The SMILES string of the molecule is O=C(O)c1cc2c(-c3ccoc3)cccc2s1. The molecule has 0 bridgehead atoms. The quantitative estimate of drug-likeness (QED) is 0.744. The van der Waals surface area contributed by atoms with Crippen molar-refractivity contribution in [2.24, 2.45) is 0 Å². The summed E-state index contributed by atoms with van der Waals surface area (Å²) in [5.74, 6) is -0.885. The second kappa shape index (κ2) is 3.75. The van der Waals surface area contributed by atoms with Gasteiger partial charge in [0, 0.05) is 15.6 Å². The van der Waals surface area contributed by atoms with Gasteiger partial charge in [-0.3, -0.25) is 0 Å². The maximum absolute atomic E-state index is 11.0. The predicted octanol–water partition coefficient (Wildman–Crippen LogP) is 3.86. The summed E-state index contributed by atoms with van der Waals surface area (Å²) in [6.45, 7) is 0. The molecule has 84 valence electrons. The molecule has 0 aliphatic carbocycles. The van der Waals surface area contributed by atoms with Crippen LogP contribution in [0.5, 0.6) is 0 Å². The Morgan fingerprint density at radius 1 is 1.29 bits per heavy atom. The fourth-order valence-electron chi connectivity index (χ4n) is 1.84. The molecule has 3 rings (SSSR count). The zero-order valence-electron chi connectivity index (χ0n) is 8.71. The van der Waals surface area contributed by atoms with Crippen LogP contribution in [0.15, 0.2) is 47.3 Å². The van der Waals surface area contributed by atoms with Crippen molar-refractivity contribution in [1.82, 2.24) is 0 Å². The molecule has 17 heavy (non-hydrogen) atoms. The molecule has 3 nitrogen and oxygen atoms in total. The van der Waals surface area contributed by atoms with Crippen LogP contribution in [0.1, 0.15) is 9.67 Å². The number of benzene rings is 1. The smallest absolute Gasteiger partial charge is 0.345 e. The lowest BCUT2D eigenvalue weighted by atomic mass is 10.1. The number of thiophene rings is 1. The zero-order chi connectivity index (χ0) is 11.8. The summed E-state index contributed by atoms with van der Waals surface area (Å²) in [6, 6.07) is 9.39. The summed E-state index contributed by atoms with van der Waals surface area (Å²) in [5, 5.41) is 9.95. The molecule has 0 unspecified atom stereocenters. The lowest BCUT2D eigenvalue weighted by Crippen LogP contribution is -1.89. The maximum atomic E-state index is 11.0. The molecule has 0 saturated heterocycles. The van der Waals surface area contributed by atoms with E-state index in [-0.39, 0.29) is 0 Å². The normalized spacial score (nSPS) is 10.8. The second-order valence-electron chi connectivity index (χ2n) is 3.65. The van der Waals surface area contributed by atoms with Crippen LogP contribution in [0.25, 0.3) is 21.2 Å². The molecule has 4 heteroatoms. The van der Waals surface area contributed by atoms with Gasteiger partial charge in [-0.25, -0.2) is 4.79 Å². The minimum Gasteiger partial charge on any atom is -0.477 e. The van der Waals surface area contributed by atoms with Crippen LogP contribution in [0, 0.1) is 0 Å². The van der Waals surface area contributed by atoms with Gasteiger partial charge >= 0.3 is 5.97 Å². The molecular formula is C13H8O3S. The summed E-state index contributed by atoms with van der Waals surface area (Å²) < 4.78 is 6.03. The van der Waals surface area contributed by atoms with Crippen molar-refractivity contribution in [2.75, 3.05) is 0 Å². The molecule has 2 heterocycles. The van der Waals surface area contributed by atoms with Gasteiger partial charge in [0.2, 0.25) is 0 Å². The second-order valence-corrected chi connectivity index (χ2v) is 4.73. The minimum absolute atomic E-state index is 0.357. The molecule has 0 spiro atoms. The Hall–Kier alpha value is -2.07. The third-order valence-corrected chi connectivity index (χ3v) is 3.69. The average molecular weight is 244 g/mol. The topological polar surface area (TPSA) is 50.4 Å². The number of hydrogen-bond acceptors (Lipinski definition) is 3. The van der Waals surface area contributed by atoms with Gasteiger partial charge in [-0.05, 0) is 23.8 Å². The van der Waals surface area contributed by atoms with Crippen LogP contribution in [-0.4, -0.2) is 11.1 Å². The van der Waals surface area contributed by atoms with Crippen molar-refractivity contribution in [3.8, 4) is 11.1 Å². The Bertz CT molecular complexity index is 680. The number of furan rings is 1. The molecule has 0 radical (unpaired) electrons. The summed E-state index contributed by atoms with van der Waals surface area (Å²) >= 11 is 1.29. The summed E-state index contributed by atoms with van der Waals surface area (Å²) in [5.41, 5.74) is 1.96. The standard InChI is InChI=1S/C13H8O3S/c14-13(15)12-6-10-9(8-4-5-16-7-8)2-1-3-11(10)17-12/h1-7H,(H,14,15). The Labute approximate surface area is 101 Å². The Morgan fingerprint density at radius 2 is 2.18 bits per heavy atom. The first-order valence-corrected chi connectivity index (χ1v) is 5.86. The number of carboxylic acid groups (broad SMARTS) is 1. The van der Waals surface area contributed by atoms with Gasteiger partial charge < -0.3 is 9.52 Å². The van der Waals surface area contributed by atoms with E-state index in [4.69, 9.17) is 9.52 Å². The fourth-order valence-corrected chi connectivity index (χ4v) is 2.76. The largest absolute Gasteiger partial charge is 0.477 e. The van der Waals surface area contributed by atoms with Crippen molar-refractivity contribution in [3.63, 3.8) is 0 Å². The first-order valence-electron chi connectivity index (χ1n) is 5.04. The summed E-state index contributed by atoms with van der Waals surface area (Å²) in [7, 11) is 0. The first-order chi connectivity index (χ1) is 8.25. The maximum Gasteiger partial charge on any atom is 0.345 e.